The summed E-state index contributed by atoms with van der Waals surface area (Å²) in [7, 11) is 0. The van der Waals surface area contributed by atoms with Crippen molar-refractivity contribution in [1.29, 1.82) is 0 Å². The summed E-state index contributed by atoms with van der Waals surface area (Å²) >= 11 is 1.85. The Bertz CT molecular complexity index is 575. The highest BCUT2D eigenvalue weighted by Gasteiger charge is 2.30. The van der Waals surface area contributed by atoms with E-state index in [1.54, 1.807) is 0 Å². The molecule has 3 nitrogen and oxygen atoms in total. The summed E-state index contributed by atoms with van der Waals surface area (Å²) < 4.78 is 0. The van der Waals surface area contributed by atoms with Gasteiger partial charge in [-0.05, 0) is 38.4 Å². The van der Waals surface area contributed by atoms with Crippen molar-refractivity contribution in [3.63, 3.8) is 0 Å². The molecule has 1 aliphatic carbocycles. The van der Waals surface area contributed by atoms with Crippen LogP contribution in [0.4, 0.5) is 10.8 Å². The van der Waals surface area contributed by atoms with E-state index in [0.717, 1.165) is 24.8 Å². The summed E-state index contributed by atoms with van der Waals surface area (Å²) in [5.41, 5.74) is 2.57. The Morgan fingerprint density at radius 2 is 2.00 bits per heavy atom. The number of para-hydroxylation sites is 1. The molecule has 1 saturated carbocycles. The number of thiazole rings is 1. The number of aromatic nitrogens is 1. The molecule has 1 aromatic carbocycles. The molecular formula is C17H23N3S. The quantitative estimate of drug-likeness (QED) is 0.827. The van der Waals surface area contributed by atoms with Gasteiger partial charge in [0, 0.05) is 29.6 Å². The number of hydrogen-bond acceptors (Lipinski definition) is 4. The molecule has 21 heavy (non-hydrogen) atoms. The molecule has 1 aliphatic rings. The van der Waals surface area contributed by atoms with Gasteiger partial charge < -0.3 is 10.2 Å². The molecule has 0 aliphatic heterocycles. The van der Waals surface area contributed by atoms with E-state index in [0.29, 0.717) is 5.92 Å². The van der Waals surface area contributed by atoms with Crippen LogP contribution in [0.15, 0.2) is 30.3 Å². The second-order valence-corrected chi connectivity index (χ2v) is 6.50. The lowest BCUT2D eigenvalue weighted by atomic mass is 10.2. The molecule has 1 N–H and O–H groups in total. The van der Waals surface area contributed by atoms with E-state index in [1.807, 2.05) is 11.3 Å². The Balaban J connectivity index is 1.89. The second-order valence-electron chi connectivity index (χ2n) is 5.44. The fraction of sp³-hybridized carbons (Fsp3) is 0.471. The van der Waals surface area contributed by atoms with Gasteiger partial charge >= 0.3 is 0 Å². The van der Waals surface area contributed by atoms with Gasteiger partial charge in [0.2, 0.25) is 0 Å². The Labute approximate surface area is 131 Å². The van der Waals surface area contributed by atoms with Crippen molar-refractivity contribution >= 4 is 22.2 Å². The molecule has 1 heterocycles. The van der Waals surface area contributed by atoms with Crippen LogP contribution in [-0.2, 0) is 6.54 Å². The van der Waals surface area contributed by atoms with E-state index >= 15 is 0 Å². The molecule has 3 rings (SSSR count). The van der Waals surface area contributed by atoms with E-state index in [4.69, 9.17) is 4.98 Å². The molecule has 0 amide bonds. The molecule has 0 radical (unpaired) electrons. The maximum atomic E-state index is 4.98. The standard InChI is InChI=1S/C17H23N3S/c1-3-18-12-15-16(13-10-11-13)19-17(21-15)20(4-2)14-8-6-5-7-9-14/h5-9,13,18H,3-4,10-12H2,1-2H3. The maximum absolute atomic E-state index is 4.98. The molecule has 0 unspecified atom stereocenters. The van der Waals surface area contributed by atoms with Crippen molar-refractivity contribution in [2.75, 3.05) is 18.0 Å². The van der Waals surface area contributed by atoms with Crippen LogP contribution in [0.5, 0.6) is 0 Å². The zero-order valence-corrected chi connectivity index (χ0v) is 13.6. The Kier molecular flexibility index (Phi) is 4.56. The summed E-state index contributed by atoms with van der Waals surface area (Å²) in [6.07, 6.45) is 2.61. The number of rotatable bonds is 7. The predicted octanol–water partition coefficient (Wildman–Crippen LogP) is 4.29. The highest BCUT2D eigenvalue weighted by molar-refractivity contribution is 7.15. The highest BCUT2D eigenvalue weighted by Crippen LogP contribution is 2.44. The zero-order valence-electron chi connectivity index (χ0n) is 12.8. The minimum absolute atomic E-state index is 0.707. The molecule has 1 fully saturated rings. The van der Waals surface area contributed by atoms with Crippen molar-refractivity contribution in [2.45, 2.75) is 39.2 Å². The molecule has 0 atom stereocenters. The molecular weight excluding hydrogens is 278 g/mol. The number of nitrogens with one attached hydrogen (secondary N) is 1. The third kappa shape index (κ3) is 3.27. The van der Waals surface area contributed by atoms with Gasteiger partial charge in [0.1, 0.15) is 0 Å². The van der Waals surface area contributed by atoms with Crippen LogP contribution in [0.25, 0.3) is 0 Å². The Morgan fingerprint density at radius 3 is 2.62 bits per heavy atom. The van der Waals surface area contributed by atoms with Crippen molar-refractivity contribution in [3.05, 3.63) is 40.9 Å². The van der Waals surface area contributed by atoms with Crippen LogP contribution in [0.3, 0.4) is 0 Å². The lowest BCUT2D eigenvalue weighted by Crippen LogP contribution is -2.15. The lowest BCUT2D eigenvalue weighted by molar-refractivity contribution is 0.726. The summed E-state index contributed by atoms with van der Waals surface area (Å²) in [6.45, 7) is 7.25. The second kappa shape index (κ2) is 6.58. The molecule has 0 bridgehead atoms. The van der Waals surface area contributed by atoms with Crippen LogP contribution in [0.2, 0.25) is 0 Å². The summed E-state index contributed by atoms with van der Waals surface area (Å²) in [6, 6.07) is 10.6. The van der Waals surface area contributed by atoms with E-state index in [2.05, 4.69) is 54.4 Å². The van der Waals surface area contributed by atoms with Gasteiger partial charge in [-0.15, -0.1) is 0 Å². The number of nitrogens with zero attached hydrogens (tertiary/aromatic N) is 2. The number of hydrogen-bond donors (Lipinski definition) is 1. The van der Waals surface area contributed by atoms with Gasteiger partial charge in [0.05, 0.1) is 5.69 Å². The monoisotopic (exact) mass is 301 g/mol. The topological polar surface area (TPSA) is 28.2 Å². The summed E-state index contributed by atoms with van der Waals surface area (Å²) in [4.78, 5) is 8.71. The van der Waals surface area contributed by atoms with E-state index in [1.165, 1.54) is 29.1 Å². The van der Waals surface area contributed by atoms with Crippen LogP contribution in [0, 0.1) is 0 Å². The molecule has 1 aromatic heterocycles. The van der Waals surface area contributed by atoms with Crippen molar-refractivity contribution in [2.24, 2.45) is 0 Å². The average Bonchev–Trinajstić information content (AvgIpc) is 3.28. The number of benzene rings is 1. The first kappa shape index (κ1) is 14.5. The SMILES string of the molecule is CCNCc1sc(N(CC)c2ccccc2)nc1C1CC1. The zero-order chi connectivity index (χ0) is 14.7. The number of anilines is 2. The molecule has 0 spiro atoms. The molecule has 112 valence electrons. The normalized spacial score (nSPS) is 14.4. The minimum atomic E-state index is 0.707. The fourth-order valence-electron chi connectivity index (χ4n) is 2.54. The van der Waals surface area contributed by atoms with Crippen LogP contribution < -0.4 is 10.2 Å². The first-order valence-electron chi connectivity index (χ1n) is 7.86. The summed E-state index contributed by atoms with van der Waals surface area (Å²) in [5.74, 6) is 0.707. The Hall–Kier alpha value is -1.39. The lowest BCUT2D eigenvalue weighted by Gasteiger charge is -2.19. The van der Waals surface area contributed by atoms with Gasteiger partial charge in [-0.2, -0.15) is 0 Å². The first-order valence-corrected chi connectivity index (χ1v) is 8.68. The van der Waals surface area contributed by atoms with E-state index < -0.39 is 0 Å². The van der Waals surface area contributed by atoms with E-state index in [9.17, 15) is 0 Å². The van der Waals surface area contributed by atoms with Gasteiger partial charge in [-0.25, -0.2) is 4.98 Å². The van der Waals surface area contributed by atoms with Crippen LogP contribution in [-0.4, -0.2) is 18.1 Å². The predicted molar refractivity (Wildman–Crippen MR) is 90.6 cm³/mol. The average molecular weight is 301 g/mol. The van der Waals surface area contributed by atoms with Gasteiger partial charge in [-0.1, -0.05) is 36.5 Å². The maximum Gasteiger partial charge on any atom is 0.190 e. The van der Waals surface area contributed by atoms with Gasteiger partial charge in [-0.3, -0.25) is 0 Å². The van der Waals surface area contributed by atoms with Crippen LogP contribution in [0.1, 0.15) is 43.2 Å². The third-order valence-corrected chi connectivity index (χ3v) is 4.92. The first-order chi connectivity index (χ1) is 10.3. The molecule has 4 heteroatoms. The smallest absolute Gasteiger partial charge is 0.190 e. The summed E-state index contributed by atoms with van der Waals surface area (Å²) in [5, 5.41) is 4.59. The van der Waals surface area contributed by atoms with Crippen molar-refractivity contribution in [1.82, 2.24) is 10.3 Å². The Morgan fingerprint density at radius 1 is 1.24 bits per heavy atom. The van der Waals surface area contributed by atoms with Crippen molar-refractivity contribution in [3.8, 4) is 0 Å². The third-order valence-electron chi connectivity index (χ3n) is 3.83. The molecule has 2 aromatic rings. The van der Waals surface area contributed by atoms with Gasteiger partial charge in [0.25, 0.3) is 0 Å². The van der Waals surface area contributed by atoms with Crippen LogP contribution >= 0.6 is 11.3 Å². The van der Waals surface area contributed by atoms with Gasteiger partial charge in [0.15, 0.2) is 5.13 Å². The largest absolute Gasteiger partial charge is 0.318 e. The van der Waals surface area contributed by atoms with E-state index in [-0.39, 0.29) is 0 Å². The fourth-order valence-corrected chi connectivity index (χ4v) is 3.74. The molecule has 0 saturated heterocycles. The van der Waals surface area contributed by atoms with Crippen molar-refractivity contribution < 1.29 is 0 Å². The minimum Gasteiger partial charge on any atom is -0.318 e. The highest BCUT2D eigenvalue weighted by atomic mass is 32.1.